The van der Waals surface area contributed by atoms with Gasteiger partial charge in [0.25, 0.3) is 0 Å². The highest BCUT2D eigenvalue weighted by molar-refractivity contribution is 5.37. The lowest BCUT2D eigenvalue weighted by atomic mass is 10.1. The molecule has 1 atom stereocenters. The third-order valence-electron chi connectivity index (χ3n) is 5.46. The molecule has 1 aliphatic rings. The Bertz CT molecular complexity index is 685. The number of likely N-dealkylation sites (N-methyl/N-ethyl adjacent to an activating group) is 1. The number of anilines is 1. The number of hydrogen-bond acceptors (Lipinski definition) is 6. The molecule has 3 rings (SSSR count). The van der Waals surface area contributed by atoms with Gasteiger partial charge in [0.1, 0.15) is 11.6 Å². The third kappa shape index (κ3) is 7.71. The summed E-state index contributed by atoms with van der Waals surface area (Å²) in [7, 11) is 2.16. The Kier molecular flexibility index (Phi) is 10.0. The van der Waals surface area contributed by atoms with Crippen molar-refractivity contribution >= 4 is 5.82 Å². The van der Waals surface area contributed by atoms with Crippen molar-refractivity contribution in [3.05, 3.63) is 48.2 Å². The fourth-order valence-corrected chi connectivity index (χ4v) is 3.45. The van der Waals surface area contributed by atoms with Crippen molar-refractivity contribution in [2.75, 3.05) is 51.2 Å². The molecule has 0 aromatic carbocycles. The third-order valence-corrected chi connectivity index (χ3v) is 5.46. The standard InChI is InChI=1S/C13H22N2.C10H16N4/c1-4-6-11-15(5-2)12(3)13-9-7-8-10-14-13;1-9-11-4-3-10(12-9)14-7-5-13(2)6-8-14/h7-10,12H,4-6,11H2,1-3H3;3-4H,5-8H2,1-2H3. The zero-order chi connectivity index (χ0) is 21.1. The van der Waals surface area contributed by atoms with E-state index in [1.165, 1.54) is 25.1 Å². The summed E-state index contributed by atoms with van der Waals surface area (Å²) in [5.41, 5.74) is 1.18. The molecule has 1 fully saturated rings. The molecular formula is C23H38N6. The molecule has 1 unspecified atom stereocenters. The van der Waals surface area contributed by atoms with E-state index in [2.05, 4.69) is 69.6 Å². The normalized spacial score (nSPS) is 15.7. The average Bonchev–Trinajstić information content (AvgIpc) is 2.76. The van der Waals surface area contributed by atoms with Crippen molar-refractivity contribution in [3.8, 4) is 0 Å². The van der Waals surface area contributed by atoms with Crippen LogP contribution in [0.25, 0.3) is 0 Å². The first-order valence-corrected chi connectivity index (χ1v) is 10.9. The van der Waals surface area contributed by atoms with Gasteiger partial charge in [-0.3, -0.25) is 9.88 Å². The van der Waals surface area contributed by atoms with Gasteiger partial charge in [-0.25, -0.2) is 9.97 Å². The molecule has 1 saturated heterocycles. The van der Waals surface area contributed by atoms with Crippen LogP contribution >= 0.6 is 0 Å². The van der Waals surface area contributed by atoms with Gasteiger partial charge >= 0.3 is 0 Å². The number of unbranched alkanes of at least 4 members (excludes halogenated alkanes) is 1. The molecule has 1 aliphatic heterocycles. The zero-order valence-corrected chi connectivity index (χ0v) is 18.9. The molecule has 0 radical (unpaired) electrons. The number of rotatable bonds is 7. The van der Waals surface area contributed by atoms with E-state index in [1.807, 2.05) is 31.5 Å². The monoisotopic (exact) mass is 398 g/mol. The van der Waals surface area contributed by atoms with Gasteiger partial charge in [0.05, 0.1) is 5.69 Å². The van der Waals surface area contributed by atoms with Crippen LogP contribution in [-0.4, -0.2) is 71.1 Å². The van der Waals surface area contributed by atoms with Crippen LogP contribution in [-0.2, 0) is 0 Å². The van der Waals surface area contributed by atoms with Crippen molar-refractivity contribution in [2.45, 2.75) is 46.6 Å². The Labute approximate surface area is 177 Å². The highest BCUT2D eigenvalue weighted by Crippen LogP contribution is 2.17. The first-order chi connectivity index (χ1) is 14.0. The van der Waals surface area contributed by atoms with Gasteiger partial charge in [-0.15, -0.1) is 0 Å². The molecule has 0 amide bonds. The predicted octanol–water partition coefficient (Wildman–Crippen LogP) is 3.80. The molecule has 0 bridgehead atoms. The van der Waals surface area contributed by atoms with E-state index in [4.69, 9.17) is 0 Å². The molecule has 0 aliphatic carbocycles. The molecule has 3 heterocycles. The Morgan fingerprint density at radius 2 is 1.79 bits per heavy atom. The summed E-state index contributed by atoms with van der Waals surface area (Å²) >= 11 is 0. The molecule has 160 valence electrons. The van der Waals surface area contributed by atoms with Crippen LogP contribution in [0.1, 0.15) is 51.2 Å². The highest BCUT2D eigenvalue weighted by Gasteiger charge is 2.15. The van der Waals surface area contributed by atoms with Crippen molar-refractivity contribution in [3.63, 3.8) is 0 Å². The SMILES string of the molecule is CCCCN(CC)C(C)c1ccccn1.Cc1nccc(N2CCN(C)CC2)n1. The number of piperazine rings is 1. The number of aromatic nitrogens is 3. The molecule has 6 heteroatoms. The summed E-state index contributed by atoms with van der Waals surface area (Å²) in [4.78, 5) is 20.1. The fraction of sp³-hybridized carbons (Fsp3) is 0.609. The highest BCUT2D eigenvalue weighted by atomic mass is 15.3. The summed E-state index contributed by atoms with van der Waals surface area (Å²) < 4.78 is 0. The van der Waals surface area contributed by atoms with E-state index in [9.17, 15) is 0 Å². The number of pyridine rings is 1. The Hall–Kier alpha value is -2.05. The molecule has 0 N–H and O–H groups in total. The maximum absolute atomic E-state index is 4.42. The predicted molar refractivity (Wildman–Crippen MR) is 121 cm³/mol. The van der Waals surface area contributed by atoms with Crippen molar-refractivity contribution < 1.29 is 0 Å². The summed E-state index contributed by atoms with van der Waals surface area (Å²) in [6.07, 6.45) is 6.23. The summed E-state index contributed by atoms with van der Waals surface area (Å²) in [6, 6.07) is 8.56. The van der Waals surface area contributed by atoms with Crippen LogP contribution in [0, 0.1) is 6.92 Å². The maximum Gasteiger partial charge on any atom is 0.132 e. The topological polar surface area (TPSA) is 48.4 Å². The quantitative estimate of drug-likeness (QED) is 0.707. The number of nitrogens with zero attached hydrogens (tertiary/aromatic N) is 6. The van der Waals surface area contributed by atoms with E-state index in [0.29, 0.717) is 6.04 Å². The second-order valence-corrected chi connectivity index (χ2v) is 7.67. The lowest BCUT2D eigenvalue weighted by Gasteiger charge is -2.33. The summed E-state index contributed by atoms with van der Waals surface area (Å²) in [6.45, 7) is 15.2. The van der Waals surface area contributed by atoms with Crippen molar-refractivity contribution in [1.82, 2.24) is 24.8 Å². The summed E-state index contributed by atoms with van der Waals surface area (Å²) in [5.74, 6) is 1.91. The van der Waals surface area contributed by atoms with Gasteiger partial charge in [0, 0.05) is 44.6 Å². The van der Waals surface area contributed by atoms with Crippen molar-refractivity contribution in [2.24, 2.45) is 0 Å². The van der Waals surface area contributed by atoms with E-state index >= 15 is 0 Å². The van der Waals surface area contributed by atoms with Crippen LogP contribution in [0.5, 0.6) is 0 Å². The second-order valence-electron chi connectivity index (χ2n) is 7.67. The van der Waals surface area contributed by atoms with Gasteiger partial charge in [-0.05, 0) is 58.6 Å². The van der Waals surface area contributed by atoms with Gasteiger partial charge in [0.2, 0.25) is 0 Å². The first kappa shape index (κ1) is 23.2. The van der Waals surface area contributed by atoms with Crippen LogP contribution < -0.4 is 4.90 Å². The van der Waals surface area contributed by atoms with Crippen LogP contribution in [0.15, 0.2) is 36.7 Å². The molecule has 2 aromatic rings. The molecule has 6 nitrogen and oxygen atoms in total. The van der Waals surface area contributed by atoms with Crippen LogP contribution in [0.3, 0.4) is 0 Å². The van der Waals surface area contributed by atoms with Crippen LogP contribution in [0.4, 0.5) is 5.82 Å². The van der Waals surface area contributed by atoms with Gasteiger partial charge < -0.3 is 9.80 Å². The lowest BCUT2D eigenvalue weighted by molar-refractivity contribution is 0.215. The van der Waals surface area contributed by atoms with Crippen molar-refractivity contribution in [1.29, 1.82) is 0 Å². The molecular weight excluding hydrogens is 360 g/mol. The Morgan fingerprint density at radius 3 is 2.38 bits per heavy atom. The minimum atomic E-state index is 0.433. The second kappa shape index (κ2) is 12.5. The van der Waals surface area contributed by atoms with E-state index in [-0.39, 0.29) is 0 Å². The largest absolute Gasteiger partial charge is 0.354 e. The van der Waals surface area contributed by atoms with Gasteiger partial charge in [-0.1, -0.05) is 26.3 Å². The Balaban J connectivity index is 0.000000207. The molecule has 0 saturated carbocycles. The Morgan fingerprint density at radius 1 is 1.03 bits per heavy atom. The van der Waals surface area contributed by atoms with E-state index in [1.54, 1.807) is 0 Å². The first-order valence-electron chi connectivity index (χ1n) is 10.9. The zero-order valence-electron chi connectivity index (χ0n) is 18.9. The summed E-state index contributed by atoms with van der Waals surface area (Å²) in [5, 5.41) is 0. The van der Waals surface area contributed by atoms with Gasteiger partial charge in [0.15, 0.2) is 0 Å². The minimum Gasteiger partial charge on any atom is -0.354 e. The maximum atomic E-state index is 4.42. The van der Waals surface area contributed by atoms with Crippen LogP contribution in [0.2, 0.25) is 0 Å². The fourth-order valence-electron chi connectivity index (χ4n) is 3.45. The molecule has 29 heavy (non-hydrogen) atoms. The number of hydrogen-bond donors (Lipinski definition) is 0. The van der Waals surface area contributed by atoms with E-state index in [0.717, 1.165) is 44.4 Å². The smallest absolute Gasteiger partial charge is 0.132 e. The molecule has 0 spiro atoms. The number of aryl methyl sites for hydroxylation is 1. The lowest BCUT2D eigenvalue weighted by Crippen LogP contribution is -2.44. The van der Waals surface area contributed by atoms with Gasteiger partial charge in [-0.2, -0.15) is 0 Å². The van der Waals surface area contributed by atoms with E-state index < -0.39 is 0 Å². The minimum absolute atomic E-state index is 0.433. The average molecular weight is 399 g/mol. The molecule has 2 aromatic heterocycles.